The van der Waals surface area contributed by atoms with Gasteiger partial charge in [-0.05, 0) is 38.9 Å². The lowest BCUT2D eigenvalue weighted by Gasteiger charge is -2.35. The number of hydrogen-bond donors (Lipinski definition) is 0. The van der Waals surface area contributed by atoms with Gasteiger partial charge in [0.05, 0.1) is 17.9 Å². The Hall–Kier alpha value is -2.61. The van der Waals surface area contributed by atoms with Crippen LogP contribution in [0.4, 0.5) is 5.69 Å². The number of piperazine rings is 1. The number of likely N-dealkylation sites (tertiary alicyclic amines) is 1. The van der Waals surface area contributed by atoms with E-state index >= 15 is 0 Å². The van der Waals surface area contributed by atoms with Crippen LogP contribution in [-0.4, -0.2) is 76.4 Å². The van der Waals surface area contributed by atoms with Crippen molar-refractivity contribution in [2.75, 3.05) is 51.2 Å². The lowest BCUT2D eigenvalue weighted by atomic mass is 10.1. The van der Waals surface area contributed by atoms with Crippen LogP contribution < -0.4 is 10.5 Å². The minimum absolute atomic E-state index is 0.0207. The number of aromatic nitrogens is 3. The number of aryl methyl sites for hydroxylation is 1. The maximum atomic E-state index is 13.0. The van der Waals surface area contributed by atoms with Crippen LogP contribution >= 0.6 is 0 Å². The summed E-state index contributed by atoms with van der Waals surface area (Å²) in [4.78, 5) is 32.1. The highest BCUT2D eigenvalue weighted by Crippen LogP contribution is 2.22. The van der Waals surface area contributed by atoms with E-state index in [2.05, 4.69) is 21.9 Å². The molecular formula is C21H30N6O2. The lowest BCUT2D eigenvalue weighted by molar-refractivity contribution is 0.0660. The molecule has 2 aromatic heterocycles. The fourth-order valence-electron chi connectivity index (χ4n) is 4.25. The molecule has 8 nitrogen and oxygen atoms in total. The molecule has 0 aromatic carbocycles. The second kappa shape index (κ2) is 8.02. The van der Waals surface area contributed by atoms with Gasteiger partial charge in [0.25, 0.3) is 11.5 Å². The summed E-state index contributed by atoms with van der Waals surface area (Å²) in [5.41, 5.74) is 2.55. The summed E-state index contributed by atoms with van der Waals surface area (Å²) in [6.45, 7) is 7.01. The van der Waals surface area contributed by atoms with Gasteiger partial charge in [-0.2, -0.15) is 5.10 Å². The van der Waals surface area contributed by atoms with Gasteiger partial charge < -0.3 is 19.3 Å². The topological polar surface area (TPSA) is 66.6 Å². The van der Waals surface area contributed by atoms with Gasteiger partial charge in [-0.1, -0.05) is 0 Å². The first kappa shape index (κ1) is 19.7. The first-order valence-corrected chi connectivity index (χ1v) is 10.4. The third-order valence-electron chi connectivity index (χ3n) is 6.30. The van der Waals surface area contributed by atoms with Crippen molar-refractivity contribution < 1.29 is 4.79 Å². The van der Waals surface area contributed by atoms with Crippen molar-refractivity contribution in [2.24, 2.45) is 7.05 Å². The first-order valence-electron chi connectivity index (χ1n) is 10.4. The Kier molecular flexibility index (Phi) is 5.45. The molecule has 2 aliphatic rings. The zero-order valence-corrected chi connectivity index (χ0v) is 17.5. The number of nitrogens with zero attached hydrogens (tertiary/aromatic N) is 6. The molecule has 4 heterocycles. The Labute approximate surface area is 171 Å². The number of likely N-dealkylation sites (N-methyl/N-ethyl adjacent to an activating group) is 1. The van der Waals surface area contributed by atoms with Crippen molar-refractivity contribution in [1.29, 1.82) is 0 Å². The molecule has 0 bridgehead atoms. The molecule has 8 heteroatoms. The highest BCUT2D eigenvalue weighted by atomic mass is 16.2. The summed E-state index contributed by atoms with van der Waals surface area (Å²) in [7, 11) is 4.02. The molecule has 1 atom stereocenters. The van der Waals surface area contributed by atoms with Gasteiger partial charge in [0, 0.05) is 58.1 Å². The molecule has 2 aliphatic heterocycles. The molecule has 0 aliphatic carbocycles. The van der Waals surface area contributed by atoms with Crippen molar-refractivity contribution in [3.63, 3.8) is 0 Å². The van der Waals surface area contributed by atoms with Crippen LogP contribution in [0.3, 0.4) is 0 Å². The average molecular weight is 399 g/mol. The Morgan fingerprint density at radius 1 is 1.10 bits per heavy atom. The zero-order valence-electron chi connectivity index (χ0n) is 17.5. The van der Waals surface area contributed by atoms with Crippen molar-refractivity contribution in [2.45, 2.75) is 25.8 Å². The second-order valence-electron chi connectivity index (χ2n) is 8.25. The van der Waals surface area contributed by atoms with Crippen molar-refractivity contribution in [1.82, 2.24) is 24.1 Å². The van der Waals surface area contributed by atoms with E-state index in [4.69, 9.17) is 0 Å². The number of carbonyl (C=O) groups excluding carboxylic acids is 1. The quantitative estimate of drug-likeness (QED) is 0.775. The fourth-order valence-corrected chi connectivity index (χ4v) is 4.25. The van der Waals surface area contributed by atoms with Crippen LogP contribution in [0.5, 0.6) is 0 Å². The van der Waals surface area contributed by atoms with Crippen molar-refractivity contribution in [3.8, 4) is 0 Å². The van der Waals surface area contributed by atoms with Crippen LogP contribution in [0.1, 0.15) is 35.1 Å². The Morgan fingerprint density at radius 2 is 1.86 bits per heavy atom. The predicted molar refractivity (Wildman–Crippen MR) is 113 cm³/mol. The lowest BCUT2D eigenvalue weighted by Crippen LogP contribution is -2.46. The number of amides is 1. The van der Waals surface area contributed by atoms with E-state index in [9.17, 15) is 9.59 Å². The zero-order chi connectivity index (χ0) is 20.5. The summed E-state index contributed by atoms with van der Waals surface area (Å²) >= 11 is 0. The van der Waals surface area contributed by atoms with Crippen LogP contribution in [0.25, 0.3) is 0 Å². The van der Waals surface area contributed by atoms with Gasteiger partial charge in [-0.15, -0.1) is 0 Å². The summed E-state index contributed by atoms with van der Waals surface area (Å²) in [6.07, 6.45) is 3.53. The van der Waals surface area contributed by atoms with E-state index in [0.29, 0.717) is 18.8 Å². The molecule has 0 radical (unpaired) electrons. The van der Waals surface area contributed by atoms with Gasteiger partial charge in [0.2, 0.25) is 0 Å². The maximum Gasteiger partial charge on any atom is 0.270 e. The van der Waals surface area contributed by atoms with Crippen molar-refractivity contribution >= 4 is 11.6 Å². The smallest absolute Gasteiger partial charge is 0.270 e. The number of carbonyl (C=O) groups is 1. The average Bonchev–Trinajstić information content (AvgIpc) is 3.06. The normalized spacial score (nSPS) is 20.9. The number of piperidine rings is 1. The van der Waals surface area contributed by atoms with Crippen LogP contribution in [0.2, 0.25) is 0 Å². The summed E-state index contributed by atoms with van der Waals surface area (Å²) < 4.78 is 3.48. The van der Waals surface area contributed by atoms with Gasteiger partial charge in [0.15, 0.2) is 0 Å². The Bertz CT molecular complexity index is 941. The molecular weight excluding hydrogens is 368 g/mol. The molecule has 1 unspecified atom stereocenters. The molecule has 0 spiro atoms. The highest BCUT2D eigenvalue weighted by Gasteiger charge is 2.28. The Balaban J connectivity index is 1.49. The fraction of sp³-hybridized carbons (Fsp3) is 0.571. The number of anilines is 1. The molecule has 0 N–H and O–H groups in total. The van der Waals surface area contributed by atoms with E-state index in [0.717, 1.165) is 50.4 Å². The van der Waals surface area contributed by atoms with E-state index in [1.807, 2.05) is 35.6 Å². The van der Waals surface area contributed by atoms with E-state index in [1.54, 1.807) is 16.9 Å². The molecule has 2 fully saturated rings. The maximum absolute atomic E-state index is 13.0. The molecule has 156 valence electrons. The molecule has 2 saturated heterocycles. The number of rotatable bonds is 3. The van der Waals surface area contributed by atoms with E-state index in [-0.39, 0.29) is 17.5 Å². The second-order valence-corrected chi connectivity index (χ2v) is 8.25. The standard InChI is InChI=1S/C21H30N6O2/c1-16-6-7-19(24(16)3)21(29)26-8-4-5-17(15-26)27-20(28)13-18(14-22-27)25-11-9-23(2)10-12-25/h6-7,13-14,17H,4-5,8-12,15H2,1-3H3. The Morgan fingerprint density at radius 3 is 2.52 bits per heavy atom. The van der Waals surface area contributed by atoms with Gasteiger partial charge >= 0.3 is 0 Å². The highest BCUT2D eigenvalue weighted by molar-refractivity contribution is 5.93. The SMILES string of the molecule is Cc1ccc(C(=O)N2CCCC(n3ncc(N4CCN(C)CC4)cc3=O)C2)n1C. The minimum atomic E-state index is -0.0876. The molecule has 2 aromatic rings. The van der Waals surface area contributed by atoms with Crippen molar-refractivity contribution in [3.05, 3.63) is 46.1 Å². The third kappa shape index (κ3) is 3.94. The van der Waals surface area contributed by atoms with E-state index < -0.39 is 0 Å². The van der Waals surface area contributed by atoms with Crippen LogP contribution in [0, 0.1) is 6.92 Å². The first-order chi connectivity index (χ1) is 13.9. The molecule has 29 heavy (non-hydrogen) atoms. The van der Waals surface area contributed by atoms with Gasteiger partial charge in [0.1, 0.15) is 5.69 Å². The molecule has 0 saturated carbocycles. The minimum Gasteiger partial charge on any atom is -0.368 e. The van der Waals surface area contributed by atoms with Gasteiger partial charge in [-0.25, -0.2) is 4.68 Å². The molecule has 1 amide bonds. The largest absolute Gasteiger partial charge is 0.368 e. The van der Waals surface area contributed by atoms with Crippen LogP contribution in [-0.2, 0) is 7.05 Å². The summed E-state index contributed by atoms with van der Waals surface area (Å²) in [6, 6.07) is 5.44. The third-order valence-corrected chi connectivity index (χ3v) is 6.30. The summed E-state index contributed by atoms with van der Waals surface area (Å²) in [5.74, 6) is 0.0207. The summed E-state index contributed by atoms with van der Waals surface area (Å²) in [5, 5.41) is 4.49. The van der Waals surface area contributed by atoms with Crippen LogP contribution in [0.15, 0.2) is 29.2 Å². The predicted octanol–water partition coefficient (Wildman–Crippen LogP) is 1.12. The number of hydrogen-bond acceptors (Lipinski definition) is 5. The van der Waals surface area contributed by atoms with Gasteiger partial charge in [-0.3, -0.25) is 9.59 Å². The monoisotopic (exact) mass is 398 g/mol. The molecule has 4 rings (SSSR count). The van der Waals surface area contributed by atoms with E-state index in [1.165, 1.54) is 0 Å².